The Morgan fingerprint density at radius 2 is 0.812 bits per heavy atom. The molecule has 4 nitrogen and oxygen atoms in total. The Balaban J connectivity index is 0.000000509. The molecule has 2 heterocycles. The van der Waals surface area contributed by atoms with Gasteiger partial charge in [-0.3, -0.25) is 0 Å². The van der Waals surface area contributed by atoms with Gasteiger partial charge >= 0.3 is 0 Å². The largest absolute Gasteiger partial charge is 0.234 e. The molecule has 0 fully saturated rings. The van der Waals surface area contributed by atoms with Crippen LogP contribution in [0, 0.1) is 0 Å². The number of hydrogen-bond acceptors (Lipinski definition) is 4. The van der Waals surface area contributed by atoms with Gasteiger partial charge in [0.2, 0.25) is 0 Å². The van der Waals surface area contributed by atoms with E-state index < -0.39 is 0 Å². The third-order valence-corrected chi connectivity index (χ3v) is 1.33. The molecule has 0 saturated carbocycles. The van der Waals surface area contributed by atoms with Gasteiger partial charge in [-0.05, 0) is 12.1 Å². The molecule has 4 heteroatoms. The molecule has 0 saturated heterocycles. The van der Waals surface area contributed by atoms with E-state index >= 15 is 0 Å². The van der Waals surface area contributed by atoms with Crippen LogP contribution in [0.25, 0.3) is 11.6 Å². The molecule has 0 unspecified atom stereocenters. The minimum atomic E-state index is 0.554. The third kappa shape index (κ3) is 4.59. The Bertz CT molecular complexity index is 310. The monoisotopic (exact) mass is 218 g/mol. The van der Waals surface area contributed by atoms with Gasteiger partial charge in [-0.25, -0.2) is 19.9 Å². The van der Waals surface area contributed by atoms with Gasteiger partial charge in [-0.2, -0.15) is 0 Å². The van der Waals surface area contributed by atoms with Crippen molar-refractivity contribution in [3.8, 4) is 11.6 Å². The maximum absolute atomic E-state index is 4.01. The maximum atomic E-state index is 4.01. The van der Waals surface area contributed by atoms with Crippen LogP contribution in [0.4, 0.5) is 0 Å². The van der Waals surface area contributed by atoms with Crippen LogP contribution in [0.15, 0.2) is 36.9 Å². The van der Waals surface area contributed by atoms with Crippen molar-refractivity contribution >= 4 is 0 Å². The second-order valence-corrected chi connectivity index (χ2v) is 2.14. The van der Waals surface area contributed by atoms with E-state index in [0.29, 0.717) is 11.6 Å². The second-order valence-electron chi connectivity index (χ2n) is 2.14. The standard InChI is InChI=1S/C8H6N4.2C2H6/c1-3-9-7(10-4-1)8-11-5-2-6-12-8;2*1-2/h1-6H;2*1-2H3. The van der Waals surface area contributed by atoms with Crippen molar-refractivity contribution in [1.82, 2.24) is 19.9 Å². The van der Waals surface area contributed by atoms with Crippen LogP contribution in [-0.4, -0.2) is 19.9 Å². The lowest BCUT2D eigenvalue weighted by molar-refractivity contribution is 1.08. The molecule has 86 valence electrons. The van der Waals surface area contributed by atoms with Gasteiger partial charge < -0.3 is 0 Å². The second kappa shape index (κ2) is 9.71. The van der Waals surface area contributed by atoms with Crippen molar-refractivity contribution in [3.63, 3.8) is 0 Å². The first kappa shape index (κ1) is 14.2. The zero-order valence-electron chi connectivity index (χ0n) is 10.3. The Morgan fingerprint density at radius 1 is 0.562 bits per heavy atom. The normalized spacial score (nSPS) is 8.00. The summed E-state index contributed by atoms with van der Waals surface area (Å²) in [5.41, 5.74) is 0. The third-order valence-electron chi connectivity index (χ3n) is 1.33. The van der Waals surface area contributed by atoms with E-state index in [1.165, 1.54) is 0 Å². The SMILES string of the molecule is CC.CC.c1cnc(-c2ncccn2)nc1. The Kier molecular flexibility index (Phi) is 8.59. The lowest BCUT2D eigenvalue weighted by atomic mass is 10.5. The zero-order chi connectivity index (χ0) is 12.2. The zero-order valence-corrected chi connectivity index (χ0v) is 10.3. The fourth-order valence-electron chi connectivity index (χ4n) is 0.829. The molecule has 0 aliphatic heterocycles. The molecule has 2 rings (SSSR count). The van der Waals surface area contributed by atoms with Crippen LogP contribution in [-0.2, 0) is 0 Å². The Morgan fingerprint density at radius 3 is 1.06 bits per heavy atom. The summed E-state index contributed by atoms with van der Waals surface area (Å²) in [6.07, 6.45) is 6.66. The molecule has 2 aromatic heterocycles. The average molecular weight is 218 g/mol. The molecule has 0 aromatic carbocycles. The molecule has 0 atom stereocenters. The number of hydrogen-bond donors (Lipinski definition) is 0. The first-order valence-electron chi connectivity index (χ1n) is 5.51. The van der Waals surface area contributed by atoms with Gasteiger partial charge in [0.05, 0.1) is 0 Å². The molecule has 0 aliphatic carbocycles. The van der Waals surface area contributed by atoms with Crippen LogP contribution in [0.1, 0.15) is 27.7 Å². The van der Waals surface area contributed by atoms with E-state index in [9.17, 15) is 0 Å². The highest BCUT2D eigenvalue weighted by Gasteiger charge is 1.99. The predicted octanol–water partition coefficient (Wildman–Crippen LogP) is 2.99. The van der Waals surface area contributed by atoms with E-state index in [4.69, 9.17) is 0 Å². The average Bonchev–Trinajstić information content (AvgIpc) is 2.45. The predicted molar refractivity (Wildman–Crippen MR) is 65.8 cm³/mol. The summed E-state index contributed by atoms with van der Waals surface area (Å²) in [4.78, 5) is 16.1. The summed E-state index contributed by atoms with van der Waals surface area (Å²) in [7, 11) is 0. The Hall–Kier alpha value is -1.84. The highest BCUT2D eigenvalue weighted by molar-refractivity contribution is 5.40. The summed E-state index contributed by atoms with van der Waals surface area (Å²) in [5, 5.41) is 0. The van der Waals surface area contributed by atoms with E-state index in [1.807, 2.05) is 27.7 Å². The molecule has 0 spiro atoms. The fourth-order valence-corrected chi connectivity index (χ4v) is 0.829. The van der Waals surface area contributed by atoms with Crippen molar-refractivity contribution in [2.24, 2.45) is 0 Å². The van der Waals surface area contributed by atoms with Crippen LogP contribution in [0.3, 0.4) is 0 Å². The van der Waals surface area contributed by atoms with Crippen molar-refractivity contribution < 1.29 is 0 Å². The van der Waals surface area contributed by atoms with E-state index in [2.05, 4.69) is 19.9 Å². The van der Waals surface area contributed by atoms with Gasteiger partial charge in [0.15, 0.2) is 11.6 Å². The van der Waals surface area contributed by atoms with E-state index in [-0.39, 0.29) is 0 Å². The van der Waals surface area contributed by atoms with Gasteiger partial charge in [0, 0.05) is 24.8 Å². The molecular weight excluding hydrogens is 200 g/mol. The van der Waals surface area contributed by atoms with Crippen LogP contribution in [0.5, 0.6) is 0 Å². The molecule has 2 aromatic rings. The lowest BCUT2D eigenvalue weighted by Crippen LogP contribution is -1.91. The summed E-state index contributed by atoms with van der Waals surface area (Å²) in [5.74, 6) is 1.11. The van der Waals surface area contributed by atoms with Crippen LogP contribution in [0.2, 0.25) is 0 Å². The number of nitrogens with zero attached hydrogens (tertiary/aromatic N) is 4. The van der Waals surface area contributed by atoms with Crippen molar-refractivity contribution in [3.05, 3.63) is 36.9 Å². The van der Waals surface area contributed by atoms with Crippen molar-refractivity contribution in [2.45, 2.75) is 27.7 Å². The molecule has 0 bridgehead atoms. The highest BCUT2D eigenvalue weighted by atomic mass is 15.0. The quantitative estimate of drug-likeness (QED) is 0.738. The molecular formula is C12H18N4. The van der Waals surface area contributed by atoms with Crippen molar-refractivity contribution in [1.29, 1.82) is 0 Å². The van der Waals surface area contributed by atoms with Crippen LogP contribution >= 0.6 is 0 Å². The molecule has 0 amide bonds. The summed E-state index contributed by atoms with van der Waals surface area (Å²) >= 11 is 0. The lowest BCUT2D eigenvalue weighted by Gasteiger charge is -1.93. The summed E-state index contributed by atoms with van der Waals surface area (Å²) < 4.78 is 0. The highest BCUT2D eigenvalue weighted by Crippen LogP contribution is 2.03. The van der Waals surface area contributed by atoms with Gasteiger partial charge in [-0.15, -0.1) is 0 Å². The first-order chi connectivity index (χ1) is 7.97. The molecule has 0 aliphatic rings. The minimum Gasteiger partial charge on any atom is -0.234 e. The van der Waals surface area contributed by atoms with Crippen LogP contribution < -0.4 is 0 Å². The summed E-state index contributed by atoms with van der Waals surface area (Å²) in [6.45, 7) is 8.00. The van der Waals surface area contributed by atoms with Gasteiger partial charge in [0.25, 0.3) is 0 Å². The number of rotatable bonds is 1. The molecule has 0 radical (unpaired) electrons. The fraction of sp³-hybridized carbons (Fsp3) is 0.333. The van der Waals surface area contributed by atoms with E-state index in [0.717, 1.165) is 0 Å². The van der Waals surface area contributed by atoms with Gasteiger partial charge in [0.1, 0.15) is 0 Å². The van der Waals surface area contributed by atoms with Gasteiger partial charge in [-0.1, -0.05) is 27.7 Å². The topological polar surface area (TPSA) is 51.6 Å². The maximum Gasteiger partial charge on any atom is 0.197 e. The van der Waals surface area contributed by atoms with E-state index in [1.54, 1.807) is 36.9 Å². The Labute approximate surface area is 96.8 Å². The summed E-state index contributed by atoms with van der Waals surface area (Å²) in [6, 6.07) is 3.51. The van der Waals surface area contributed by atoms with Crippen molar-refractivity contribution in [2.75, 3.05) is 0 Å². The first-order valence-corrected chi connectivity index (χ1v) is 5.51. The molecule has 0 N–H and O–H groups in total. The molecule has 16 heavy (non-hydrogen) atoms. The smallest absolute Gasteiger partial charge is 0.197 e. The minimum absolute atomic E-state index is 0.554. The number of aromatic nitrogens is 4.